The molecule has 1 heterocycles. The maximum Gasteiger partial charge on any atom is 0.225 e. The summed E-state index contributed by atoms with van der Waals surface area (Å²) in [5.41, 5.74) is 1.91. The van der Waals surface area contributed by atoms with Gasteiger partial charge in [0.15, 0.2) is 0 Å². The Morgan fingerprint density at radius 1 is 1.04 bits per heavy atom. The molecule has 0 aliphatic rings. The standard InChI is InChI=1S/C20H24N4O2/c1-24(15-9-11-16(26-2)12-10-15)19-17-7-3-4-8-18(17)22-20(23-19)21-13-5-6-14-25/h3-4,7-12,25H,5-6,13-14H2,1-2H3,(H,21,22,23). The molecule has 0 fully saturated rings. The molecule has 0 saturated heterocycles. The number of aliphatic hydroxyl groups is 1. The number of para-hydroxylation sites is 1. The van der Waals surface area contributed by atoms with Crippen molar-refractivity contribution in [2.75, 3.05) is 37.5 Å². The summed E-state index contributed by atoms with van der Waals surface area (Å²) >= 11 is 0. The average molecular weight is 352 g/mol. The van der Waals surface area contributed by atoms with Crippen LogP contribution in [0.1, 0.15) is 12.8 Å². The van der Waals surface area contributed by atoms with Crippen LogP contribution in [0.15, 0.2) is 48.5 Å². The molecule has 0 aliphatic carbocycles. The SMILES string of the molecule is COc1ccc(N(C)c2nc(NCCCCO)nc3ccccc23)cc1. The van der Waals surface area contributed by atoms with Gasteiger partial charge in [0.1, 0.15) is 11.6 Å². The van der Waals surface area contributed by atoms with Gasteiger partial charge in [0.05, 0.1) is 12.6 Å². The molecule has 3 rings (SSSR count). The molecule has 1 aromatic heterocycles. The molecule has 0 unspecified atom stereocenters. The Kier molecular flexibility index (Phi) is 5.86. The van der Waals surface area contributed by atoms with Crippen molar-refractivity contribution in [1.82, 2.24) is 9.97 Å². The number of benzene rings is 2. The summed E-state index contributed by atoms with van der Waals surface area (Å²) in [6, 6.07) is 15.9. The van der Waals surface area contributed by atoms with E-state index in [1.165, 1.54) is 0 Å². The number of nitrogens with zero attached hydrogens (tertiary/aromatic N) is 3. The molecule has 0 spiro atoms. The third-order valence-electron chi connectivity index (χ3n) is 4.23. The smallest absolute Gasteiger partial charge is 0.225 e. The van der Waals surface area contributed by atoms with Crippen LogP contribution >= 0.6 is 0 Å². The highest BCUT2D eigenvalue weighted by atomic mass is 16.5. The number of aliphatic hydroxyl groups excluding tert-OH is 1. The lowest BCUT2D eigenvalue weighted by Gasteiger charge is -2.21. The Bertz CT molecular complexity index is 852. The van der Waals surface area contributed by atoms with E-state index in [1.54, 1.807) is 7.11 Å². The zero-order valence-corrected chi connectivity index (χ0v) is 15.1. The molecular formula is C20H24N4O2. The first-order chi connectivity index (χ1) is 12.7. The van der Waals surface area contributed by atoms with E-state index in [4.69, 9.17) is 14.8 Å². The summed E-state index contributed by atoms with van der Waals surface area (Å²) in [6.45, 7) is 0.927. The molecule has 2 N–H and O–H groups in total. The fourth-order valence-electron chi connectivity index (χ4n) is 2.76. The van der Waals surface area contributed by atoms with E-state index in [1.807, 2.05) is 60.5 Å². The van der Waals surface area contributed by atoms with E-state index in [0.29, 0.717) is 5.95 Å². The van der Waals surface area contributed by atoms with Gasteiger partial charge in [0.25, 0.3) is 0 Å². The lowest BCUT2D eigenvalue weighted by Crippen LogP contribution is -2.14. The highest BCUT2D eigenvalue weighted by molar-refractivity contribution is 5.92. The Hall–Kier alpha value is -2.86. The number of nitrogens with one attached hydrogen (secondary N) is 1. The van der Waals surface area contributed by atoms with Gasteiger partial charge in [-0.05, 0) is 49.2 Å². The summed E-state index contributed by atoms with van der Waals surface area (Å²) < 4.78 is 5.24. The van der Waals surface area contributed by atoms with E-state index in [-0.39, 0.29) is 6.61 Å². The maximum absolute atomic E-state index is 8.91. The molecule has 136 valence electrons. The van der Waals surface area contributed by atoms with Crippen molar-refractivity contribution in [1.29, 1.82) is 0 Å². The van der Waals surface area contributed by atoms with Crippen LogP contribution < -0.4 is 15.0 Å². The fourth-order valence-corrected chi connectivity index (χ4v) is 2.76. The summed E-state index contributed by atoms with van der Waals surface area (Å²) in [6.07, 6.45) is 1.63. The number of fused-ring (bicyclic) bond motifs is 1. The Labute approximate surface area is 153 Å². The first-order valence-corrected chi connectivity index (χ1v) is 8.72. The molecule has 6 heteroatoms. The molecule has 0 amide bonds. The second-order valence-corrected chi connectivity index (χ2v) is 6.00. The molecular weight excluding hydrogens is 328 g/mol. The van der Waals surface area contributed by atoms with Gasteiger partial charge in [-0.2, -0.15) is 4.98 Å². The Balaban J connectivity index is 1.93. The van der Waals surface area contributed by atoms with Crippen molar-refractivity contribution in [3.63, 3.8) is 0 Å². The largest absolute Gasteiger partial charge is 0.497 e. The monoisotopic (exact) mass is 352 g/mol. The van der Waals surface area contributed by atoms with Gasteiger partial charge in [0.2, 0.25) is 5.95 Å². The van der Waals surface area contributed by atoms with Crippen LogP contribution in [0, 0.1) is 0 Å². The molecule has 0 atom stereocenters. The number of aromatic nitrogens is 2. The Morgan fingerprint density at radius 2 is 1.81 bits per heavy atom. The minimum Gasteiger partial charge on any atom is -0.497 e. The number of hydrogen-bond acceptors (Lipinski definition) is 6. The van der Waals surface area contributed by atoms with Crippen LogP contribution in [0.25, 0.3) is 10.9 Å². The van der Waals surface area contributed by atoms with Gasteiger partial charge in [-0.25, -0.2) is 4.98 Å². The van der Waals surface area contributed by atoms with Gasteiger partial charge >= 0.3 is 0 Å². The van der Waals surface area contributed by atoms with Crippen molar-refractivity contribution in [3.8, 4) is 5.75 Å². The molecule has 0 radical (unpaired) electrons. The topological polar surface area (TPSA) is 70.5 Å². The predicted molar refractivity (Wildman–Crippen MR) is 105 cm³/mol. The van der Waals surface area contributed by atoms with Crippen molar-refractivity contribution in [3.05, 3.63) is 48.5 Å². The van der Waals surface area contributed by atoms with Crippen LogP contribution in [0.5, 0.6) is 5.75 Å². The van der Waals surface area contributed by atoms with Gasteiger partial charge in [-0.15, -0.1) is 0 Å². The summed E-state index contributed by atoms with van der Waals surface area (Å²) in [4.78, 5) is 11.4. The van der Waals surface area contributed by atoms with Crippen LogP contribution in [0.4, 0.5) is 17.5 Å². The first kappa shape index (κ1) is 17.9. The van der Waals surface area contributed by atoms with Crippen molar-refractivity contribution in [2.45, 2.75) is 12.8 Å². The zero-order chi connectivity index (χ0) is 18.4. The quantitative estimate of drug-likeness (QED) is 0.604. The van der Waals surface area contributed by atoms with Crippen molar-refractivity contribution >= 4 is 28.4 Å². The minimum atomic E-state index is 0.200. The lowest BCUT2D eigenvalue weighted by atomic mass is 10.2. The number of rotatable bonds is 8. The third-order valence-corrected chi connectivity index (χ3v) is 4.23. The summed E-state index contributed by atoms with van der Waals surface area (Å²) in [7, 11) is 3.65. The second kappa shape index (κ2) is 8.49. The van der Waals surface area contributed by atoms with Crippen molar-refractivity contribution < 1.29 is 9.84 Å². The predicted octanol–water partition coefficient (Wildman–Crippen LogP) is 3.59. The number of unbranched alkanes of at least 4 members (excludes halogenated alkanes) is 1. The fraction of sp³-hybridized carbons (Fsp3) is 0.300. The van der Waals surface area contributed by atoms with E-state index < -0.39 is 0 Å². The average Bonchev–Trinajstić information content (AvgIpc) is 2.70. The first-order valence-electron chi connectivity index (χ1n) is 8.72. The van der Waals surface area contributed by atoms with Gasteiger partial charge in [-0.3, -0.25) is 0 Å². The number of anilines is 3. The molecule has 0 aliphatic heterocycles. The van der Waals surface area contributed by atoms with E-state index in [0.717, 1.165) is 47.5 Å². The normalized spacial score (nSPS) is 10.7. The van der Waals surface area contributed by atoms with Crippen LogP contribution in [-0.2, 0) is 0 Å². The summed E-state index contributed by atoms with van der Waals surface area (Å²) in [5.74, 6) is 2.25. The van der Waals surface area contributed by atoms with Crippen LogP contribution in [0.3, 0.4) is 0 Å². The van der Waals surface area contributed by atoms with Crippen molar-refractivity contribution in [2.24, 2.45) is 0 Å². The number of hydrogen-bond donors (Lipinski definition) is 2. The number of methoxy groups -OCH3 is 1. The van der Waals surface area contributed by atoms with Gasteiger partial charge < -0.3 is 20.1 Å². The molecule has 0 saturated carbocycles. The molecule has 0 bridgehead atoms. The summed E-state index contributed by atoms with van der Waals surface area (Å²) in [5, 5.41) is 13.2. The van der Waals surface area contributed by atoms with Crippen LogP contribution in [-0.4, -0.2) is 42.4 Å². The molecule has 2 aromatic carbocycles. The minimum absolute atomic E-state index is 0.200. The van der Waals surface area contributed by atoms with E-state index in [2.05, 4.69) is 10.3 Å². The van der Waals surface area contributed by atoms with Gasteiger partial charge in [0, 0.05) is 31.3 Å². The third kappa shape index (κ3) is 4.03. The molecule has 6 nitrogen and oxygen atoms in total. The molecule has 26 heavy (non-hydrogen) atoms. The van der Waals surface area contributed by atoms with E-state index >= 15 is 0 Å². The lowest BCUT2D eigenvalue weighted by molar-refractivity contribution is 0.286. The second-order valence-electron chi connectivity index (χ2n) is 6.00. The highest BCUT2D eigenvalue weighted by Gasteiger charge is 2.13. The number of ether oxygens (including phenoxy) is 1. The maximum atomic E-state index is 8.91. The van der Waals surface area contributed by atoms with Gasteiger partial charge in [-0.1, -0.05) is 12.1 Å². The van der Waals surface area contributed by atoms with Crippen LogP contribution in [0.2, 0.25) is 0 Å². The molecule has 3 aromatic rings. The Morgan fingerprint density at radius 3 is 2.54 bits per heavy atom. The highest BCUT2D eigenvalue weighted by Crippen LogP contribution is 2.30. The van der Waals surface area contributed by atoms with E-state index in [9.17, 15) is 0 Å². The zero-order valence-electron chi connectivity index (χ0n) is 15.1.